The lowest BCUT2D eigenvalue weighted by atomic mass is 9.77. The van der Waals surface area contributed by atoms with Crippen LogP contribution in [0.15, 0.2) is 53.7 Å². The van der Waals surface area contributed by atoms with Crippen LogP contribution in [-0.2, 0) is 9.59 Å². The van der Waals surface area contributed by atoms with E-state index in [-0.39, 0.29) is 29.7 Å². The fourth-order valence-corrected chi connectivity index (χ4v) is 4.49. The highest BCUT2D eigenvalue weighted by molar-refractivity contribution is 6.07. The van der Waals surface area contributed by atoms with Crippen molar-refractivity contribution < 1.29 is 14.5 Å². The zero-order chi connectivity index (χ0) is 20.7. The summed E-state index contributed by atoms with van der Waals surface area (Å²) in [4.78, 5) is 38.3. The van der Waals surface area contributed by atoms with E-state index in [1.807, 2.05) is 26.0 Å². The number of nitrogens with zero attached hydrogens (tertiary/aromatic N) is 2. The van der Waals surface area contributed by atoms with Gasteiger partial charge in [-0.05, 0) is 55.5 Å². The number of anilines is 1. The molecule has 0 bridgehead atoms. The lowest BCUT2D eigenvalue weighted by Gasteiger charge is -2.38. The SMILES string of the molecule is Cc1cc(C)cc(N2C(=O)CC(c3ccc([N+](=O)[O-])cc3)C3=C2CCCC3=O)c1. The van der Waals surface area contributed by atoms with E-state index in [1.54, 1.807) is 17.0 Å². The Morgan fingerprint density at radius 3 is 2.28 bits per heavy atom. The minimum absolute atomic E-state index is 0.00285. The maximum Gasteiger partial charge on any atom is 0.269 e. The predicted molar refractivity (Wildman–Crippen MR) is 110 cm³/mol. The molecule has 0 saturated carbocycles. The predicted octanol–water partition coefficient (Wildman–Crippen LogP) is 4.74. The first-order valence-electron chi connectivity index (χ1n) is 9.77. The molecule has 6 nitrogen and oxygen atoms in total. The topological polar surface area (TPSA) is 80.5 Å². The minimum atomic E-state index is -0.450. The van der Waals surface area contributed by atoms with E-state index in [0.29, 0.717) is 18.4 Å². The summed E-state index contributed by atoms with van der Waals surface area (Å²) in [7, 11) is 0. The van der Waals surface area contributed by atoms with Crippen molar-refractivity contribution in [3.63, 3.8) is 0 Å². The summed E-state index contributed by atoms with van der Waals surface area (Å²) in [6.07, 6.45) is 2.04. The van der Waals surface area contributed by atoms with Gasteiger partial charge in [-0.3, -0.25) is 24.6 Å². The van der Waals surface area contributed by atoms with Crippen LogP contribution in [0.4, 0.5) is 11.4 Å². The highest BCUT2D eigenvalue weighted by Gasteiger charge is 2.39. The van der Waals surface area contributed by atoms with Gasteiger partial charge in [0.15, 0.2) is 5.78 Å². The number of rotatable bonds is 3. The Kier molecular flexibility index (Phi) is 4.78. The molecule has 0 saturated heterocycles. The van der Waals surface area contributed by atoms with Crippen LogP contribution in [0.3, 0.4) is 0 Å². The molecule has 0 aromatic heterocycles. The zero-order valence-electron chi connectivity index (χ0n) is 16.5. The molecule has 148 valence electrons. The number of carbonyl (C=O) groups excluding carboxylic acids is 2. The Balaban J connectivity index is 1.83. The Bertz CT molecular complexity index is 1030. The molecular formula is C23H22N2O4. The minimum Gasteiger partial charge on any atom is -0.294 e. The van der Waals surface area contributed by atoms with E-state index < -0.39 is 4.92 Å². The maximum atomic E-state index is 13.2. The number of nitro groups is 1. The van der Waals surface area contributed by atoms with Crippen molar-refractivity contribution in [2.45, 2.75) is 45.4 Å². The molecule has 1 amide bonds. The van der Waals surface area contributed by atoms with Gasteiger partial charge in [0.25, 0.3) is 5.69 Å². The number of carbonyl (C=O) groups is 2. The average molecular weight is 390 g/mol. The molecule has 6 heteroatoms. The molecule has 4 rings (SSSR count). The number of amides is 1. The van der Waals surface area contributed by atoms with Crippen molar-refractivity contribution in [2.24, 2.45) is 0 Å². The van der Waals surface area contributed by atoms with Crippen molar-refractivity contribution >= 4 is 23.1 Å². The van der Waals surface area contributed by atoms with Gasteiger partial charge in [0.05, 0.1) is 4.92 Å². The van der Waals surface area contributed by atoms with Crippen LogP contribution in [0.2, 0.25) is 0 Å². The van der Waals surface area contributed by atoms with Gasteiger partial charge >= 0.3 is 0 Å². The second-order valence-corrected chi connectivity index (χ2v) is 7.82. The molecule has 2 aliphatic rings. The molecule has 0 radical (unpaired) electrons. The first-order chi connectivity index (χ1) is 13.8. The highest BCUT2D eigenvalue weighted by Crippen LogP contribution is 2.43. The largest absolute Gasteiger partial charge is 0.294 e. The molecular weight excluding hydrogens is 368 g/mol. The molecule has 2 aromatic rings. The monoisotopic (exact) mass is 390 g/mol. The van der Waals surface area contributed by atoms with Crippen molar-refractivity contribution in [3.8, 4) is 0 Å². The molecule has 1 aliphatic heterocycles. The number of non-ortho nitro benzene ring substituents is 1. The summed E-state index contributed by atoms with van der Waals surface area (Å²) < 4.78 is 0. The van der Waals surface area contributed by atoms with Crippen molar-refractivity contribution in [2.75, 3.05) is 4.90 Å². The van der Waals surface area contributed by atoms with Gasteiger partial charge in [-0.15, -0.1) is 0 Å². The Morgan fingerprint density at radius 2 is 1.66 bits per heavy atom. The lowest BCUT2D eigenvalue weighted by Crippen LogP contribution is -2.40. The summed E-state index contributed by atoms with van der Waals surface area (Å²) in [5.41, 5.74) is 5.17. The van der Waals surface area contributed by atoms with Crippen LogP contribution in [0.25, 0.3) is 0 Å². The lowest BCUT2D eigenvalue weighted by molar-refractivity contribution is -0.384. The molecule has 1 atom stereocenters. The molecule has 0 spiro atoms. The number of nitro benzene ring substituents is 1. The second kappa shape index (κ2) is 7.28. The summed E-state index contributed by atoms with van der Waals surface area (Å²) in [5.74, 6) is -0.337. The van der Waals surface area contributed by atoms with Gasteiger partial charge in [-0.2, -0.15) is 0 Å². The van der Waals surface area contributed by atoms with E-state index in [2.05, 4.69) is 6.07 Å². The van der Waals surface area contributed by atoms with Crippen molar-refractivity contribution in [3.05, 3.63) is 80.5 Å². The number of allylic oxidation sites excluding steroid dienone is 2. The fourth-order valence-electron chi connectivity index (χ4n) is 4.49. The van der Waals surface area contributed by atoms with E-state index >= 15 is 0 Å². The standard InChI is InChI=1S/C23H22N2O4/c1-14-10-15(2)12-18(11-14)24-20-4-3-5-21(26)23(20)19(13-22(24)27)16-6-8-17(9-7-16)25(28)29/h6-12,19H,3-5,13H2,1-2H3. The summed E-state index contributed by atoms with van der Waals surface area (Å²) in [5, 5.41) is 11.0. The van der Waals surface area contributed by atoms with Gasteiger partial charge < -0.3 is 0 Å². The fraction of sp³-hybridized carbons (Fsp3) is 0.304. The second-order valence-electron chi connectivity index (χ2n) is 7.82. The molecule has 29 heavy (non-hydrogen) atoms. The molecule has 1 aliphatic carbocycles. The van der Waals surface area contributed by atoms with Gasteiger partial charge in [-0.25, -0.2) is 0 Å². The highest BCUT2D eigenvalue weighted by atomic mass is 16.6. The number of benzene rings is 2. The average Bonchev–Trinajstić information content (AvgIpc) is 2.66. The van der Waals surface area contributed by atoms with Crippen LogP contribution in [-0.4, -0.2) is 16.6 Å². The van der Waals surface area contributed by atoms with Crippen LogP contribution < -0.4 is 4.90 Å². The van der Waals surface area contributed by atoms with E-state index in [4.69, 9.17) is 0 Å². The number of hydrogen-bond acceptors (Lipinski definition) is 4. The Labute approximate surface area is 169 Å². The van der Waals surface area contributed by atoms with Gasteiger partial charge in [-0.1, -0.05) is 18.2 Å². The van der Waals surface area contributed by atoms with E-state index in [9.17, 15) is 19.7 Å². The molecule has 0 fully saturated rings. The number of hydrogen-bond donors (Lipinski definition) is 0. The summed E-state index contributed by atoms with van der Waals surface area (Å²) in [6.45, 7) is 3.98. The maximum absolute atomic E-state index is 13.2. The molecule has 1 heterocycles. The summed E-state index contributed by atoms with van der Waals surface area (Å²) >= 11 is 0. The van der Waals surface area contributed by atoms with Crippen molar-refractivity contribution in [1.82, 2.24) is 0 Å². The molecule has 0 N–H and O–H groups in total. The van der Waals surface area contributed by atoms with Crippen LogP contribution in [0, 0.1) is 24.0 Å². The number of Topliss-reactive ketones (excluding diaryl/α,β-unsaturated/α-hetero) is 1. The smallest absolute Gasteiger partial charge is 0.269 e. The Morgan fingerprint density at radius 1 is 1.00 bits per heavy atom. The van der Waals surface area contributed by atoms with Crippen LogP contribution in [0.1, 0.15) is 48.3 Å². The third-order valence-electron chi connectivity index (χ3n) is 5.65. The molecule has 2 aromatic carbocycles. The van der Waals surface area contributed by atoms with Gasteiger partial charge in [0.2, 0.25) is 5.91 Å². The number of ketones is 1. The Hall–Kier alpha value is -3.28. The van der Waals surface area contributed by atoms with E-state index in [0.717, 1.165) is 34.5 Å². The summed E-state index contributed by atoms with van der Waals surface area (Å²) in [6, 6.07) is 12.2. The van der Waals surface area contributed by atoms with Crippen LogP contribution >= 0.6 is 0 Å². The van der Waals surface area contributed by atoms with E-state index in [1.165, 1.54) is 12.1 Å². The van der Waals surface area contributed by atoms with Gasteiger partial charge in [0, 0.05) is 47.8 Å². The van der Waals surface area contributed by atoms with Gasteiger partial charge in [0.1, 0.15) is 0 Å². The van der Waals surface area contributed by atoms with Crippen LogP contribution in [0.5, 0.6) is 0 Å². The first-order valence-corrected chi connectivity index (χ1v) is 9.77. The normalized spacial score (nSPS) is 19.4. The zero-order valence-corrected chi connectivity index (χ0v) is 16.5. The third-order valence-corrected chi connectivity index (χ3v) is 5.65. The third kappa shape index (κ3) is 3.46. The van der Waals surface area contributed by atoms with Crippen molar-refractivity contribution in [1.29, 1.82) is 0 Å². The molecule has 1 unspecified atom stereocenters. The first kappa shape index (κ1) is 19.1. The quantitative estimate of drug-likeness (QED) is 0.560. The number of aryl methyl sites for hydroxylation is 2.